The van der Waals surface area contributed by atoms with Crippen molar-refractivity contribution in [2.45, 2.75) is 50.9 Å². The van der Waals surface area contributed by atoms with Crippen molar-refractivity contribution in [3.8, 4) is 0 Å². The molecule has 4 rings (SSSR count). The van der Waals surface area contributed by atoms with Gasteiger partial charge in [0.1, 0.15) is 11.6 Å². The van der Waals surface area contributed by atoms with Crippen LogP contribution >= 0.6 is 0 Å². The minimum absolute atomic E-state index is 0.130. The highest BCUT2D eigenvalue weighted by Gasteiger charge is 2.52. The summed E-state index contributed by atoms with van der Waals surface area (Å²) < 4.78 is 29.3. The Labute approximate surface area is 157 Å². The van der Waals surface area contributed by atoms with E-state index in [-0.39, 0.29) is 22.0 Å². The summed E-state index contributed by atoms with van der Waals surface area (Å²) in [5.41, 5.74) is 3.66. The molecule has 2 aromatic carbocycles. The Bertz CT molecular complexity index is 1010. The maximum atomic E-state index is 15.0. The van der Waals surface area contributed by atoms with Crippen LogP contribution in [0.15, 0.2) is 36.4 Å². The average Bonchev–Trinajstić information content (AvgIpc) is 3.07. The Hall–Kier alpha value is -2.49. The third-order valence-electron chi connectivity index (χ3n) is 6.54. The highest BCUT2D eigenvalue weighted by molar-refractivity contribution is 5.90. The highest BCUT2D eigenvalue weighted by atomic mass is 19.1. The molecule has 2 aromatic rings. The number of fused-ring (bicyclic) bond motifs is 5. The van der Waals surface area contributed by atoms with Crippen molar-refractivity contribution in [3.05, 3.63) is 70.0 Å². The normalized spacial score (nSPS) is 26.7. The smallest absolute Gasteiger partial charge is 0.335 e. The monoisotopic (exact) mass is 368 g/mol. The third-order valence-corrected chi connectivity index (χ3v) is 6.54. The molecule has 0 aromatic heterocycles. The Morgan fingerprint density at radius 2 is 1.63 bits per heavy atom. The van der Waals surface area contributed by atoms with Gasteiger partial charge in [-0.15, -0.1) is 0 Å². The molecule has 1 fully saturated rings. The minimum Gasteiger partial charge on any atom is -0.478 e. The lowest BCUT2D eigenvalue weighted by Crippen LogP contribution is -2.18. The fourth-order valence-corrected chi connectivity index (χ4v) is 5.01. The molecule has 0 radical (unpaired) electrons. The van der Waals surface area contributed by atoms with Crippen molar-refractivity contribution in [2.24, 2.45) is 0 Å². The number of hydrogen-bond donors (Lipinski definition) is 1. The van der Waals surface area contributed by atoms with Gasteiger partial charge in [-0.05, 0) is 77.5 Å². The number of allylic oxidation sites excluding steroid dienone is 1. The molecule has 4 heteroatoms. The number of hydrogen-bond acceptors (Lipinski definition) is 1. The van der Waals surface area contributed by atoms with Gasteiger partial charge in [-0.3, -0.25) is 0 Å². The maximum Gasteiger partial charge on any atom is 0.335 e. The van der Waals surface area contributed by atoms with E-state index in [9.17, 15) is 9.18 Å². The summed E-state index contributed by atoms with van der Waals surface area (Å²) in [7, 11) is 0. The van der Waals surface area contributed by atoms with E-state index in [0.29, 0.717) is 5.57 Å². The summed E-state index contributed by atoms with van der Waals surface area (Å²) in [6.45, 7) is 6.21. The minimum atomic E-state index is -1.24. The molecular formula is C23H22F2O2. The molecule has 0 heterocycles. The summed E-state index contributed by atoms with van der Waals surface area (Å²) in [5.74, 6) is -2.77. The number of benzene rings is 2. The van der Waals surface area contributed by atoms with Crippen LogP contribution in [0.2, 0.25) is 0 Å². The van der Waals surface area contributed by atoms with E-state index in [2.05, 4.69) is 26.0 Å². The van der Waals surface area contributed by atoms with Crippen LogP contribution in [0.4, 0.5) is 8.78 Å². The van der Waals surface area contributed by atoms with Crippen molar-refractivity contribution in [2.75, 3.05) is 0 Å². The van der Waals surface area contributed by atoms with Gasteiger partial charge in [-0.25, -0.2) is 13.6 Å². The van der Waals surface area contributed by atoms with Gasteiger partial charge in [0.15, 0.2) is 0 Å². The zero-order chi connectivity index (χ0) is 19.6. The zero-order valence-electron chi connectivity index (χ0n) is 15.7. The third kappa shape index (κ3) is 2.61. The lowest BCUT2D eigenvalue weighted by atomic mass is 9.77. The summed E-state index contributed by atoms with van der Waals surface area (Å²) in [6, 6.07) is 9.32. The van der Waals surface area contributed by atoms with Gasteiger partial charge < -0.3 is 5.11 Å². The van der Waals surface area contributed by atoms with Crippen LogP contribution < -0.4 is 0 Å². The lowest BCUT2D eigenvalue weighted by Gasteiger charge is -2.27. The first-order valence-electron chi connectivity index (χ1n) is 9.20. The van der Waals surface area contributed by atoms with E-state index < -0.39 is 17.6 Å². The van der Waals surface area contributed by atoms with Crippen molar-refractivity contribution in [1.29, 1.82) is 0 Å². The van der Waals surface area contributed by atoms with Gasteiger partial charge in [0.25, 0.3) is 0 Å². The van der Waals surface area contributed by atoms with E-state index in [0.717, 1.165) is 24.5 Å². The molecule has 2 bridgehead atoms. The number of carboxylic acids is 1. The molecule has 2 aliphatic carbocycles. The second kappa shape index (κ2) is 5.75. The van der Waals surface area contributed by atoms with Crippen LogP contribution in [0.5, 0.6) is 0 Å². The van der Waals surface area contributed by atoms with Crippen LogP contribution in [0, 0.1) is 5.82 Å². The second-order valence-corrected chi connectivity index (χ2v) is 8.50. The molecule has 0 saturated heterocycles. The van der Waals surface area contributed by atoms with Crippen molar-refractivity contribution in [1.82, 2.24) is 0 Å². The number of halogens is 2. The van der Waals surface area contributed by atoms with Crippen LogP contribution in [0.1, 0.15) is 72.6 Å². The highest BCUT2D eigenvalue weighted by Crippen LogP contribution is 2.60. The summed E-state index contributed by atoms with van der Waals surface area (Å²) in [5, 5.41) is 8.94. The molecule has 27 heavy (non-hydrogen) atoms. The molecule has 140 valence electrons. The van der Waals surface area contributed by atoms with Gasteiger partial charge in [0.2, 0.25) is 0 Å². The number of carbonyl (C=O) groups is 1. The molecule has 2 unspecified atom stereocenters. The summed E-state index contributed by atoms with van der Waals surface area (Å²) >= 11 is 0. The van der Waals surface area contributed by atoms with E-state index in [1.165, 1.54) is 29.7 Å². The average molecular weight is 368 g/mol. The first-order valence-corrected chi connectivity index (χ1v) is 9.20. The number of rotatable bonds is 3. The molecule has 0 spiro atoms. The van der Waals surface area contributed by atoms with Gasteiger partial charge in [0.05, 0.1) is 5.56 Å². The van der Waals surface area contributed by atoms with Crippen LogP contribution in [0.3, 0.4) is 0 Å². The topological polar surface area (TPSA) is 37.3 Å². The SMILES string of the molecule is C/C(=C(\F)c1ccc(C(=O)O)cc1F)c1ccc2c(c1)C1(C)CCC2(C)C1. The Morgan fingerprint density at radius 3 is 2.26 bits per heavy atom. The van der Waals surface area contributed by atoms with E-state index in [1.807, 2.05) is 6.07 Å². The van der Waals surface area contributed by atoms with E-state index in [4.69, 9.17) is 5.11 Å². The quantitative estimate of drug-likeness (QED) is 0.665. The fourth-order valence-electron chi connectivity index (χ4n) is 5.01. The Balaban J connectivity index is 1.77. The first-order chi connectivity index (χ1) is 12.6. The Kier molecular flexibility index (Phi) is 3.81. The van der Waals surface area contributed by atoms with Gasteiger partial charge in [-0.2, -0.15) is 0 Å². The molecule has 2 nitrogen and oxygen atoms in total. The van der Waals surface area contributed by atoms with Crippen LogP contribution in [-0.4, -0.2) is 11.1 Å². The predicted molar refractivity (Wildman–Crippen MR) is 102 cm³/mol. The molecule has 2 aliphatic rings. The largest absolute Gasteiger partial charge is 0.478 e. The standard InChI is InChI=1S/C23H22F2O2/c1-13(20(25)16-6-4-15(21(26)27)11-19(16)24)14-5-7-17-18(10-14)23(3)9-8-22(17,2)12-23/h4-7,10-11H,8-9,12H2,1-3H3,(H,26,27)/b20-13+. The molecular weight excluding hydrogens is 346 g/mol. The van der Waals surface area contributed by atoms with Gasteiger partial charge in [0, 0.05) is 5.56 Å². The predicted octanol–water partition coefficient (Wildman–Crippen LogP) is 6.09. The van der Waals surface area contributed by atoms with Gasteiger partial charge >= 0.3 is 5.97 Å². The Morgan fingerprint density at radius 1 is 1.00 bits per heavy atom. The van der Waals surface area contributed by atoms with Crippen LogP contribution in [-0.2, 0) is 10.8 Å². The maximum absolute atomic E-state index is 15.0. The van der Waals surface area contributed by atoms with Crippen molar-refractivity contribution >= 4 is 17.4 Å². The molecule has 1 saturated carbocycles. The number of aromatic carboxylic acids is 1. The molecule has 2 atom stereocenters. The van der Waals surface area contributed by atoms with Crippen LogP contribution in [0.25, 0.3) is 11.4 Å². The summed E-state index contributed by atoms with van der Waals surface area (Å²) in [6.07, 6.45) is 3.44. The number of carboxylic acid groups (broad SMARTS) is 1. The molecule has 1 N–H and O–H groups in total. The first kappa shape index (κ1) is 17.9. The van der Waals surface area contributed by atoms with Crippen molar-refractivity contribution in [3.63, 3.8) is 0 Å². The van der Waals surface area contributed by atoms with Crippen molar-refractivity contribution < 1.29 is 18.7 Å². The van der Waals surface area contributed by atoms with E-state index >= 15 is 4.39 Å². The lowest BCUT2D eigenvalue weighted by molar-refractivity contribution is 0.0696. The van der Waals surface area contributed by atoms with E-state index in [1.54, 1.807) is 6.92 Å². The second-order valence-electron chi connectivity index (χ2n) is 8.50. The molecule has 0 aliphatic heterocycles. The fraction of sp³-hybridized carbons (Fsp3) is 0.348. The molecule has 0 amide bonds. The zero-order valence-corrected chi connectivity index (χ0v) is 15.7. The summed E-state index contributed by atoms with van der Waals surface area (Å²) in [4.78, 5) is 10.9. The van der Waals surface area contributed by atoms with Gasteiger partial charge in [-0.1, -0.05) is 32.0 Å².